The maximum atomic E-state index is 14.0. The number of carbonyl (C=O) groups excluding carboxylic acids is 2. The van der Waals surface area contributed by atoms with E-state index in [9.17, 15) is 22.8 Å². The van der Waals surface area contributed by atoms with E-state index in [1.54, 1.807) is 4.90 Å². The summed E-state index contributed by atoms with van der Waals surface area (Å²) in [5, 5.41) is 5.77. The minimum atomic E-state index is -4.78. The number of halogens is 7. The van der Waals surface area contributed by atoms with Crippen molar-refractivity contribution in [2.45, 2.75) is 32.9 Å². The summed E-state index contributed by atoms with van der Waals surface area (Å²) in [6.45, 7) is 4.69. The molecular formula is C27H24Cl4F3N3O2. The van der Waals surface area contributed by atoms with Gasteiger partial charge in [-0.15, -0.1) is 0 Å². The first-order chi connectivity index (χ1) is 18.3. The van der Waals surface area contributed by atoms with Crippen molar-refractivity contribution in [1.29, 1.82) is 0 Å². The molecule has 0 bridgehead atoms. The van der Waals surface area contributed by atoms with Crippen LogP contribution in [0.1, 0.15) is 53.0 Å². The molecule has 3 rings (SSSR count). The molecule has 0 aliphatic rings. The summed E-state index contributed by atoms with van der Waals surface area (Å²) in [6.07, 6.45) is -3.49. The van der Waals surface area contributed by atoms with Crippen LogP contribution < -0.4 is 15.5 Å². The Morgan fingerprint density at radius 1 is 0.744 bits per heavy atom. The summed E-state index contributed by atoms with van der Waals surface area (Å²) in [7, 11) is 0. The number of nitrogens with one attached hydrogen (secondary N) is 2. The third-order valence-electron chi connectivity index (χ3n) is 5.59. The maximum absolute atomic E-state index is 14.0. The molecule has 0 heterocycles. The molecule has 208 valence electrons. The Hall–Kier alpha value is -2.65. The van der Waals surface area contributed by atoms with Crippen molar-refractivity contribution in [3.05, 3.63) is 85.3 Å². The lowest BCUT2D eigenvalue weighted by atomic mass is 10.1. The molecule has 2 N–H and O–H groups in total. The first-order valence-corrected chi connectivity index (χ1v) is 13.4. The van der Waals surface area contributed by atoms with Crippen LogP contribution in [-0.2, 0) is 6.18 Å². The van der Waals surface area contributed by atoms with E-state index in [4.69, 9.17) is 46.4 Å². The summed E-state index contributed by atoms with van der Waals surface area (Å²) >= 11 is 24.2. The fourth-order valence-electron chi connectivity index (χ4n) is 3.93. The van der Waals surface area contributed by atoms with E-state index >= 15 is 0 Å². The van der Waals surface area contributed by atoms with Crippen molar-refractivity contribution in [1.82, 2.24) is 0 Å². The van der Waals surface area contributed by atoms with Gasteiger partial charge in [0.05, 0.1) is 43.8 Å². The summed E-state index contributed by atoms with van der Waals surface area (Å²) < 4.78 is 42.0. The zero-order chi connectivity index (χ0) is 28.9. The standard InChI is InChI=1S/C27H24Cl4F3N3O2/c1-3-9-37(10-4-2)24-22(35-25(38)18-7-5-16(28)13-20(18)30)11-15(27(32,33)34)12-23(24)36-26(39)19-8-6-17(29)14-21(19)31/h5-8,11-14H,3-4,9-10H2,1-2H3,(H,35,38)(H,36,39). The minimum Gasteiger partial charge on any atom is -0.368 e. The highest BCUT2D eigenvalue weighted by molar-refractivity contribution is 6.38. The molecule has 2 amide bonds. The molecule has 3 aromatic carbocycles. The fourth-order valence-corrected chi connectivity index (χ4v) is 4.92. The van der Waals surface area contributed by atoms with Gasteiger partial charge in [-0.1, -0.05) is 60.3 Å². The van der Waals surface area contributed by atoms with Gasteiger partial charge in [0.15, 0.2) is 0 Å². The van der Waals surface area contributed by atoms with Gasteiger partial charge in [0.1, 0.15) is 0 Å². The van der Waals surface area contributed by atoms with E-state index in [1.165, 1.54) is 36.4 Å². The molecule has 39 heavy (non-hydrogen) atoms. The number of hydrogen-bond acceptors (Lipinski definition) is 3. The molecule has 0 aliphatic carbocycles. The van der Waals surface area contributed by atoms with Gasteiger partial charge < -0.3 is 15.5 Å². The van der Waals surface area contributed by atoms with E-state index in [0.29, 0.717) is 36.0 Å². The second-order valence-electron chi connectivity index (χ2n) is 8.56. The van der Waals surface area contributed by atoms with Crippen LogP contribution in [0.3, 0.4) is 0 Å². The lowest BCUT2D eigenvalue weighted by Crippen LogP contribution is -2.29. The van der Waals surface area contributed by atoms with Gasteiger partial charge in [-0.2, -0.15) is 13.2 Å². The van der Waals surface area contributed by atoms with Gasteiger partial charge in [0.2, 0.25) is 0 Å². The molecule has 0 aliphatic heterocycles. The van der Waals surface area contributed by atoms with Crippen LogP contribution in [0.25, 0.3) is 0 Å². The molecule has 0 atom stereocenters. The molecule has 3 aromatic rings. The Balaban J connectivity index is 2.20. The van der Waals surface area contributed by atoms with E-state index in [0.717, 1.165) is 12.1 Å². The van der Waals surface area contributed by atoms with Crippen LogP contribution in [0.4, 0.5) is 30.2 Å². The monoisotopic (exact) mass is 619 g/mol. The number of nitrogens with zero attached hydrogens (tertiary/aromatic N) is 1. The smallest absolute Gasteiger partial charge is 0.368 e. The number of carbonyl (C=O) groups is 2. The Labute approximate surface area is 244 Å². The predicted octanol–water partition coefficient (Wildman–Crippen LogP) is 9.45. The lowest BCUT2D eigenvalue weighted by molar-refractivity contribution is -0.137. The molecule has 5 nitrogen and oxygen atoms in total. The Morgan fingerprint density at radius 3 is 1.49 bits per heavy atom. The average molecular weight is 621 g/mol. The molecular weight excluding hydrogens is 597 g/mol. The first-order valence-electron chi connectivity index (χ1n) is 11.9. The average Bonchev–Trinajstić information content (AvgIpc) is 2.83. The molecule has 0 radical (unpaired) electrons. The second kappa shape index (κ2) is 13.1. The zero-order valence-electron chi connectivity index (χ0n) is 20.9. The number of hydrogen-bond donors (Lipinski definition) is 2. The third-order valence-corrected chi connectivity index (χ3v) is 6.68. The topological polar surface area (TPSA) is 61.4 Å². The third kappa shape index (κ3) is 7.72. The van der Waals surface area contributed by atoms with Crippen molar-refractivity contribution >= 4 is 75.3 Å². The van der Waals surface area contributed by atoms with Crippen LogP contribution >= 0.6 is 46.4 Å². The van der Waals surface area contributed by atoms with E-state index in [2.05, 4.69) is 10.6 Å². The van der Waals surface area contributed by atoms with Crippen molar-refractivity contribution in [2.24, 2.45) is 0 Å². The van der Waals surface area contributed by atoms with E-state index < -0.39 is 23.6 Å². The Kier molecular flexibility index (Phi) is 10.4. The van der Waals surface area contributed by atoms with Crippen molar-refractivity contribution < 1.29 is 22.8 Å². The largest absolute Gasteiger partial charge is 0.416 e. The van der Waals surface area contributed by atoms with Gasteiger partial charge >= 0.3 is 6.18 Å². The van der Waals surface area contributed by atoms with Gasteiger partial charge in [-0.05, 0) is 61.4 Å². The second-order valence-corrected chi connectivity index (χ2v) is 10.2. The fraction of sp³-hybridized carbons (Fsp3) is 0.259. The summed E-state index contributed by atoms with van der Waals surface area (Å²) in [4.78, 5) is 28.2. The van der Waals surface area contributed by atoms with Crippen LogP contribution in [0, 0.1) is 0 Å². The highest BCUT2D eigenvalue weighted by atomic mass is 35.5. The van der Waals surface area contributed by atoms with Crippen molar-refractivity contribution in [3.63, 3.8) is 0 Å². The van der Waals surface area contributed by atoms with Gasteiger partial charge in [0.25, 0.3) is 11.8 Å². The summed E-state index contributed by atoms with van der Waals surface area (Å²) in [6, 6.07) is 10.00. The summed E-state index contributed by atoms with van der Waals surface area (Å²) in [5.41, 5.74) is -1.14. The summed E-state index contributed by atoms with van der Waals surface area (Å²) in [5.74, 6) is -1.49. The lowest BCUT2D eigenvalue weighted by Gasteiger charge is -2.30. The first kappa shape index (κ1) is 30.9. The molecule has 0 saturated carbocycles. The maximum Gasteiger partial charge on any atom is 0.416 e. The molecule has 0 aromatic heterocycles. The van der Waals surface area contributed by atoms with Gasteiger partial charge in [-0.25, -0.2) is 0 Å². The van der Waals surface area contributed by atoms with E-state index in [-0.39, 0.29) is 38.2 Å². The minimum absolute atomic E-state index is 0.0143. The van der Waals surface area contributed by atoms with Crippen LogP contribution in [-0.4, -0.2) is 24.9 Å². The van der Waals surface area contributed by atoms with Crippen LogP contribution in [0.2, 0.25) is 20.1 Å². The highest BCUT2D eigenvalue weighted by Gasteiger charge is 2.34. The van der Waals surface area contributed by atoms with Crippen LogP contribution in [0.15, 0.2) is 48.5 Å². The van der Waals surface area contributed by atoms with Crippen molar-refractivity contribution in [3.8, 4) is 0 Å². The number of anilines is 3. The van der Waals surface area contributed by atoms with Gasteiger partial charge in [0, 0.05) is 23.1 Å². The number of amides is 2. The van der Waals surface area contributed by atoms with E-state index in [1.807, 2.05) is 13.8 Å². The quantitative estimate of drug-likeness (QED) is 0.250. The highest BCUT2D eigenvalue weighted by Crippen LogP contribution is 2.42. The number of benzene rings is 3. The molecule has 0 fully saturated rings. The number of alkyl halides is 3. The SMILES string of the molecule is CCCN(CCC)c1c(NC(=O)c2ccc(Cl)cc2Cl)cc(C(F)(F)F)cc1NC(=O)c1ccc(Cl)cc1Cl. The normalized spacial score (nSPS) is 11.3. The number of rotatable bonds is 9. The van der Waals surface area contributed by atoms with Crippen LogP contribution in [0.5, 0.6) is 0 Å². The molecule has 12 heteroatoms. The zero-order valence-corrected chi connectivity index (χ0v) is 23.9. The Morgan fingerprint density at radius 2 is 1.15 bits per heavy atom. The Bertz CT molecular complexity index is 1290. The molecule has 0 spiro atoms. The molecule has 0 unspecified atom stereocenters. The molecule has 0 saturated heterocycles. The predicted molar refractivity (Wildman–Crippen MR) is 153 cm³/mol. The van der Waals surface area contributed by atoms with Crippen molar-refractivity contribution in [2.75, 3.05) is 28.6 Å². The van der Waals surface area contributed by atoms with Gasteiger partial charge in [-0.3, -0.25) is 9.59 Å².